The van der Waals surface area contributed by atoms with E-state index >= 15 is 0 Å². The number of carbonyl (C=O) groups excluding carboxylic acids is 1. The SMILES string of the molecule is CS(=O)(=O)CCCC(=O)C1CCCCS1. The van der Waals surface area contributed by atoms with Crippen LogP contribution in [0.3, 0.4) is 0 Å². The van der Waals surface area contributed by atoms with Crippen LogP contribution >= 0.6 is 11.8 Å². The van der Waals surface area contributed by atoms with Crippen LogP contribution in [0, 0.1) is 0 Å². The standard InChI is InChI=1S/C10H18O3S2/c1-15(12,13)8-4-5-9(11)10-6-2-3-7-14-10/h10H,2-8H2,1H3. The predicted molar refractivity (Wildman–Crippen MR) is 64.0 cm³/mol. The normalized spacial score (nSPS) is 22.6. The molecule has 0 aliphatic carbocycles. The Morgan fingerprint density at radius 1 is 1.40 bits per heavy atom. The fourth-order valence-electron chi connectivity index (χ4n) is 1.66. The van der Waals surface area contributed by atoms with Crippen LogP contribution < -0.4 is 0 Å². The first-order valence-electron chi connectivity index (χ1n) is 5.31. The quantitative estimate of drug-likeness (QED) is 0.744. The maximum atomic E-state index is 11.7. The molecule has 3 nitrogen and oxygen atoms in total. The Labute approximate surface area is 95.9 Å². The molecular formula is C10H18O3S2. The van der Waals surface area contributed by atoms with Crippen molar-refractivity contribution < 1.29 is 13.2 Å². The highest BCUT2D eigenvalue weighted by molar-refractivity contribution is 8.00. The molecule has 1 heterocycles. The minimum atomic E-state index is -2.91. The number of carbonyl (C=O) groups is 1. The molecule has 1 saturated heterocycles. The van der Waals surface area contributed by atoms with Gasteiger partial charge in [0.2, 0.25) is 0 Å². The summed E-state index contributed by atoms with van der Waals surface area (Å²) < 4.78 is 21.7. The Morgan fingerprint density at radius 3 is 2.67 bits per heavy atom. The highest BCUT2D eigenvalue weighted by Crippen LogP contribution is 2.26. The minimum absolute atomic E-state index is 0.135. The van der Waals surface area contributed by atoms with Crippen molar-refractivity contribution in [1.82, 2.24) is 0 Å². The first-order chi connectivity index (χ1) is 6.99. The fraction of sp³-hybridized carbons (Fsp3) is 0.900. The second-order valence-electron chi connectivity index (χ2n) is 4.05. The van der Waals surface area contributed by atoms with Crippen LogP contribution in [-0.4, -0.2) is 37.2 Å². The van der Waals surface area contributed by atoms with Crippen molar-refractivity contribution in [2.45, 2.75) is 37.4 Å². The van der Waals surface area contributed by atoms with E-state index in [0.717, 1.165) is 18.6 Å². The topological polar surface area (TPSA) is 51.2 Å². The first kappa shape index (κ1) is 13.0. The molecule has 88 valence electrons. The summed E-state index contributed by atoms with van der Waals surface area (Å²) >= 11 is 1.73. The van der Waals surface area contributed by atoms with Crippen molar-refractivity contribution in [1.29, 1.82) is 0 Å². The summed E-state index contributed by atoms with van der Waals surface area (Å²) in [4.78, 5) is 11.7. The molecule has 0 spiro atoms. The smallest absolute Gasteiger partial charge is 0.147 e. The maximum Gasteiger partial charge on any atom is 0.147 e. The number of hydrogen-bond donors (Lipinski definition) is 0. The number of sulfone groups is 1. The van der Waals surface area contributed by atoms with Crippen molar-refractivity contribution >= 4 is 27.4 Å². The van der Waals surface area contributed by atoms with E-state index in [9.17, 15) is 13.2 Å². The summed E-state index contributed by atoms with van der Waals surface area (Å²) in [6.45, 7) is 0. The third-order valence-electron chi connectivity index (χ3n) is 2.48. The van der Waals surface area contributed by atoms with Gasteiger partial charge in [0.1, 0.15) is 15.6 Å². The lowest BCUT2D eigenvalue weighted by molar-refractivity contribution is -0.118. The van der Waals surface area contributed by atoms with E-state index in [1.807, 2.05) is 0 Å². The lowest BCUT2D eigenvalue weighted by atomic mass is 10.1. The summed E-state index contributed by atoms with van der Waals surface area (Å²) in [6.07, 6.45) is 5.43. The Morgan fingerprint density at radius 2 is 2.13 bits per heavy atom. The predicted octanol–water partition coefficient (Wildman–Crippen LogP) is 1.67. The molecular weight excluding hydrogens is 232 g/mol. The van der Waals surface area contributed by atoms with E-state index < -0.39 is 9.84 Å². The van der Waals surface area contributed by atoms with Crippen LogP contribution in [0.25, 0.3) is 0 Å². The molecule has 1 unspecified atom stereocenters. The molecule has 1 fully saturated rings. The summed E-state index contributed by atoms with van der Waals surface area (Å²) in [5, 5.41) is 0.137. The molecule has 15 heavy (non-hydrogen) atoms. The van der Waals surface area contributed by atoms with Gasteiger partial charge in [-0.15, -0.1) is 0 Å². The van der Waals surface area contributed by atoms with E-state index in [0.29, 0.717) is 12.8 Å². The number of hydrogen-bond acceptors (Lipinski definition) is 4. The zero-order valence-corrected chi connectivity index (χ0v) is 10.7. The monoisotopic (exact) mass is 250 g/mol. The molecule has 0 aromatic heterocycles. The van der Waals surface area contributed by atoms with Gasteiger partial charge >= 0.3 is 0 Å². The molecule has 5 heteroatoms. The molecule has 0 amide bonds. The second kappa shape index (κ2) is 5.89. The lowest BCUT2D eigenvalue weighted by Crippen LogP contribution is -2.21. The average molecular weight is 250 g/mol. The third kappa shape index (κ3) is 5.56. The van der Waals surface area contributed by atoms with Gasteiger partial charge in [-0.3, -0.25) is 4.79 Å². The average Bonchev–Trinajstić information content (AvgIpc) is 2.17. The van der Waals surface area contributed by atoms with Crippen LogP contribution in [0.15, 0.2) is 0 Å². The number of Topliss-reactive ketones (excluding diaryl/α,β-unsaturated/α-hetero) is 1. The largest absolute Gasteiger partial charge is 0.298 e. The first-order valence-corrected chi connectivity index (χ1v) is 8.42. The Balaban J connectivity index is 2.23. The van der Waals surface area contributed by atoms with Crippen molar-refractivity contribution in [3.8, 4) is 0 Å². The van der Waals surface area contributed by atoms with Gasteiger partial charge in [0.05, 0.1) is 11.0 Å². The van der Waals surface area contributed by atoms with E-state index in [2.05, 4.69) is 0 Å². The van der Waals surface area contributed by atoms with E-state index in [-0.39, 0.29) is 16.8 Å². The number of thioether (sulfide) groups is 1. The van der Waals surface area contributed by atoms with Crippen molar-refractivity contribution in [3.63, 3.8) is 0 Å². The third-order valence-corrected chi connectivity index (χ3v) is 4.93. The number of rotatable bonds is 5. The molecule has 1 aliphatic rings. The van der Waals surface area contributed by atoms with Crippen molar-refractivity contribution in [2.24, 2.45) is 0 Å². The van der Waals surface area contributed by atoms with Crippen LogP contribution in [0.1, 0.15) is 32.1 Å². The molecule has 0 aromatic rings. The van der Waals surface area contributed by atoms with Crippen molar-refractivity contribution in [2.75, 3.05) is 17.8 Å². The molecule has 0 N–H and O–H groups in total. The lowest BCUT2D eigenvalue weighted by Gasteiger charge is -2.19. The molecule has 0 bridgehead atoms. The minimum Gasteiger partial charge on any atom is -0.298 e. The van der Waals surface area contributed by atoms with Crippen molar-refractivity contribution in [3.05, 3.63) is 0 Å². The van der Waals surface area contributed by atoms with Gasteiger partial charge in [-0.05, 0) is 25.0 Å². The molecule has 1 atom stereocenters. The van der Waals surface area contributed by atoms with Gasteiger partial charge in [0.25, 0.3) is 0 Å². The summed E-state index contributed by atoms with van der Waals surface area (Å²) in [6, 6.07) is 0. The van der Waals surface area contributed by atoms with Gasteiger partial charge in [-0.2, -0.15) is 11.8 Å². The summed E-state index contributed by atoms with van der Waals surface area (Å²) in [5.41, 5.74) is 0. The van der Waals surface area contributed by atoms with E-state index in [4.69, 9.17) is 0 Å². The zero-order chi connectivity index (χ0) is 11.3. The molecule has 1 aliphatic heterocycles. The van der Waals surface area contributed by atoms with Gasteiger partial charge in [0, 0.05) is 12.7 Å². The highest BCUT2D eigenvalue weighted by Gasteiger charge is 2.21. The highest BCUT2D eigenvalue weighted by atomic mass is 32.2. The molecule has 0 aromatic carbocycles. The van der Waals surface area contributed by atoms with Crippen LogP contribution in [0.4, 0.5) is 0 Å². The van der Waals surface area contributed by atoms with E-state index in [1.54, 1.807) is 11.8 Å². The Bertz CT molecular complexity index is 303. The van der Waals surface area contributed by atoms with Gasteiger partial charge in [0.15, 0.2) is 0 Å². The summed E-state index contributed by atoms with van der Waals surface area (Å²) in [7, 11) is -2.91. The summed E-state index contributed by atoms with van der Waals surface area (Å²) in [5.74, 6) is 1.45. The zero-order valence-electron chi connectivity index (χ0n) is 9.07. The number of ketones is 1. The van der Waals surface area contributed by atoms with E-state index in [1.165, 1.54) is 12.7 Å². The van der Waals surface area contributed by atoms with Gasteiger partial charge in [-0.1, -0.05) is 6.42 Å². The fourth-order valence-corrected chi connectivity index (χ4v) is 3.63. The van der Waals surface area contributed by atoms with Gasteiger partial charge < -0.3 is 0 Å². The van der Waals surface area contributed by atoms with Crippen LogP contribution in [0.5, 0.6) is 0 Å². The molecule has 0 radical (unpaired) electrons. The Kier molecular flexibility index (Phi) is 5.12. The molecule has 0 saturated carbocycles. The second-order valence-corrected chi connectivity index (χ2v) is 7.63. The maximum absolute atomic E-state index is 11.7. The Hall–Kier alpha value is -0.0300. The van der Waals surface area contributed by atoms with Gasteiger partial charge in [-0.25, -0.2) is 8.42 Å². The van der Waals surface area contributed by atoms with Crippen LogP contribution in [0.2, 0.25) is 0 Å². The molecule has 1 rings (SSSR count). The van der Waals surface area contributed by atoms with Crippen LogP contribution in [-0.2, 0) is 14.6 Å².